The summed E-state index contributed by atoms with van der Waals surface area (Å²) in [5.41, 5.74) is 0.400. The lowest BCUT2D eigenvalue weighted by Crippen LogP contribution is -2.68. The molecule has 0 aliphatic rings. The van der Waals surface area contributed by atoms with Crippen molar-refractivity contribution in [2.45, 2.75) is 44.4 Å². The molecule has 2 unspecified atom stereocenters. The van der Waals surface area contributed by atoms with E-state index in [1.165, 1.54) is 6.07 Å². The Labute approximate surface area is 215 Å². The first kappa shape index (κ1) is 27.1. The summed E-state index contributed by atoms with van der Waals surface area (Å²) in [6.45, 7) is 6.36. The van der Waals surface area contributed by atoms with Gasteiger partial charge in [-0.3, -0.25) is 0 Å². The van der Waals surface area contributed by atoms with Crippen LogP contribution in [0.1, 0.15) is 38.9 Å². The van der Waals surface area contributed by atoms with Crippen molar-refractivity contribution < 1.29 is 23.8 Å². The number of rotatable bonds is 9. The van der Waals surface area contributed by atoms with Crippen LogP contribution in [-0.2, 0) is 4.43 Å². The number of carbonyl (C=O) groups is 1. The second kappa shape index (κ2) is 11.5. The maximum atomic E-state index is 14.1. The van der Waals surface area contributed by atoms with Crippen LogP contribution in [0, 0.1) is 5.82 Å². The lowest BCUT2D eigenvalue weighted by Gasteiger charge is -2.45. The molecule has 35 heavy (non-hydrogen) atoms. The van der Waals surface area contributed by atoms with Gasteiger partial charge in [0.2, 0.25) is 0 Å². The molecule has 3 aromatic carbocycles. The number of amides is 1. The number of nitrogens with one attached hydrogen (secondary N) is 1. The van der Waals surface area contributed by atoms with Crippen molar-refractivity contribution in [1.82, 2.24) is 5.32 Å². The van der Waals surface area contributed by atoms with Crippen molar-refractivity contribution in [3.05, 3.63) is 94.7 Å². The molecule has 186 valence electrons. The number of carboxylic acid groups (broad SMARTS) is 1. The van der Waals surface area contributed by atoms with E-state index in [2.05, 4.69) is 42.0 Å². The van der Waals surface area contributed by atoms with Crippen LogP contribution in [0.3, 0.4) is 0 Å². The molecule has 2 atom stereocenters. The Morgan fingerprint density at radius 1 is 1.03 bits per heavy atom. The number of halogens is 2. The van der Waals surface area contributed by atoms with Gasteiger partial charge < -0.3 is 20.0 Å². The van der Waals surface area contributed by atoms with E-state index in [9.17, 15) is 19.4 Å². The highest BCUT2D eigenvalue weighted by Crippen LogP contribution is 2.38. The van der Waals surface area contributed by atoms with Gasteiger partial charge in [0.1, 0.15) is 5.82 Å². The maximum absolute atomic E-state index is 14.1. The van der Waals surface area contributed by atoms with Gasteiger partial charge in [-0.2, -0.15) is 0 Å². The Balaban J connectivity index is 2.07. The summed E-state index contributed by atoms with van der Waals surface area (Å²) in [4.78, 5) is 11.4. The van der Waals surface area contributed by atoms with Crippen molar-refractivity contribution in [3.63, 3.8) is 0 Å². The minimum atomic E-state index is -3.00. The summed E-state index contributed by atoms with van der Waals surface area (Å²) in [6, 6.07) is 24.4. The zero-order valence-corrected chi connectivity index (χ0v) is 22.6. The van der Waals surface area contributed by atoms with E-state index in [1.807, 2.05) is 60.7 Å². The number of hydrogen-bond acceptors (Lipinski definition) is 3. The molecule has 8 heteroatoms. The van der Waals surface area contributed by atoms with Crippen LogP contribution >= 0.6 is 15.9 Å². The van der Waals surface area contributed by atoms with Crippen molar-refractivity contribution in [2.75, 3.05) is 6.54 Å². The Morgan fingerprint density at radius 3 is 2.03 bits per heavy atom. The average molecular weight is 561 g/mol. The van der Waals surface area contributed by atoms with Gasteiger partial charge in [0.25, 0.3) is 8.32 Å². The summed E-state index contributed by atoms with van der Waals surface area (Å²) in [7, 11) is -3.00. The van der Waals surface area contributed by atoms with Gasteiger partial charge >= 0.3 is 6.09 Å². The van der Waals surface area contributed by atoms with Gasteiger partial charge in [-0.05, 0) is 49.0 Å². The summed E-state index contributed by atoms with van der Waals surface area (Å²) in [6.07, 6.45) is -2.80. The van der Waals surface area contributed by atoms with Crippen LogP contribution < -0.4 is 15.7 Å². The molecule has 3 N–H and O–H groups in total. The molecule has 3 rings (SSSR count). The van der Waals surface area contributed by atoms with E-state index in [-0.39, 0.29) is 18.0 Å². The molecule has 0 aliphatic heterocycles. The Hall–Kier alpha value is -2.52. The first-order chi connectivity index (χ1) is 16.5. The van der Waals surface area contributed by atoms with Gasteiger partial charge in [0.15, 0.2) is 0 Å². The molecule has 0 aliphatic carbocycles. The van der Waals surface area contributed by atoms with Crippen LogP contribution in [-0.4, -0.2) is 37.3 Å². The third kappa shape index (κ3) is 6.38. The number of hydrogen-bond donors (Lipinski definition) is 3. The summed E-state index contributed by atoms with van der Waals surface area (Å²) in [5, 5.41) is 24.5. The molecule has 1 amide bonds. The normalized spacial score (nSPS) is 13.8. The topological polar surface area (TPSA) is 78.8 Å². The van der Waals surface area contributed by atoms with Crippen molar-refractivity contribution in [3.8, 4) is 0 Å². The lowest BCUT2D eigenvalue weighted by molar-refractivity contribution is 0.0870. The van der Waals surface area contributed by atoms with E-state index in [1.54, 1.807) is 12.1 Å². The van der Waals surface area contributed by atoms with E-state index in [4.69, 9.17) is 4.43 Å². The Kier molecular flexibility index (Phi) is 8.88. The lowest BCUT2D eigenvalue weighted by atomic mass is 10.0. The van der Waals surface area contributed by atoms with E-state index >= 15 is 0 Å². The van der Waals surface area contributed by atoms with Gasteiger partial charge in [0, 0.05) is 13.0 Å². The van der Waals surface area contributed by atoms with Crippen molar-refractivity contribution in [1.29, 1.82) is 0 Å². The molecular weight excluding hydrogens is 529 g/mol. The molecule has 0 spiro atoms. The molecule has 0 radical (unpaired) electrons. The zero-order valence-electron chi connectivity index (χ0n) is 20.0. The second-order valence-corrected chi connectivity index (χ2v) is 14.6. The fraction of sp³-hybridized carbons (Fsp3) is 0.296. The fourth-order valence-corrected chi connectivity index (χ4v) is 9.36. The average Bonchev–Trinajstić information content (AvgIpc) is 2.82. The van der Waals surface area contributed by atoms with Gasteiger partial charge in [-0.25, -0.2) is 9.18 Å². The Morgan fingerprint density at radius 2 is 1.57 bits per heavy atom. The molecule has 0 fully saturated rings. The first-order valence-corrected chi connectivity index (χ1v) is 14.1. The molecular formula is C27H31BrFNO4Si. The highest BCUT2D eigenvalue weighted by atomic mass is 79.9. The molecule has 0 saturated carbocycles. The first-order valence-electron chi connectivity index (χ1n) is 11.4. The summed E-state index contributed by atoms with van der Waals surface area (Å²) < 4.78 is 21.5. The van der Waals surface area contributed by atoms with Crippen LogP contribution in [0.4, 0.5) is 9.18 Å². The molecule has 0 aromatic heterocycles. The molecule has 0 bridgehead atoms. The zero-order chi connectivity index (χ0) is 25.6. The minimum absolute atomic E-state index is 0.0180. The molecule has 0 saturated heterocycles. The van der Waals surface area contributed by atoms with Crippen LogP contribution in [0.2, 0.25) is 5.04 Å². The third-order valence-electron chi connectivity index (χ3n) is 6.06. The highest BCUT2D eigenvalue weighted by molar-refractivity contribution is 9.10. The summed E-state index contributed by atoms with van der Waals surface area (Å²) >= 11 is 3.13. The largest absolute Gasteiger partial charge is 0.465 e. The highest BCUT2D eigenvalue weighted by Gasteiger charge is 2.51. The fourth-order valence-electron chi connectivity index (χ4n) is 4.42. The third-order valence-corrected chi connectivity index (χ3v) is 11.8. The van der Waals surface area contributed by atoms with Crippen LogP contribution in [0.15, 0.2) is 83.3 Å². The predicted octanol–water partition coefficient (Wildman–Crippen LogP) is 5.22. The number of aliphatic hydroxyl groups excluding tert-OH is 1. The smallest absolute Gasteiger partial charge is 0.404 e. The summed E-state index contributed by atoms with van der Waals surface area (Å²) in [5.74, 6) is -0.477. The van der Waals surface area contributed by atoms with Crippen LogP contribution in [0.5, 0.6) is 0 Å². The Bertz CT molecular complexity index is 1090. The quantitative estimate of drug-likeness (QED) is 0.314. The van der Waals surface area contributed by atoms with Crippen molar-refractivity contribution in [2.24, 2.45) is 0 Å². The predicted molar refractivity (Wildman–Crippen MR) is 142 cm³/mol. The van der Waals surface area contributed by atoms with Gasteiger partial charge in [0.05, 0.1) is 16.7 Å². The molecule has 3 aromatic rings. The minimum Gasteiger partial charge on any atom is -0.465 e. The second-order valence-electron chi connectivity index (χ2n) is 9.51. The number of benzene rings is 3. The maximum Gasteiger partial charge on any atom is 0.404 e. The van der Waals surface area contributed by atoms with Gasteiger partial charge in [-0.15, -0.1) is 0 Å². The van der Waals surface area contributed by atoms with Crippen molar-refractivity contribution >= 4 is 40.7 Å². The van der Waals surface area contributed by atoms with E-state index in [0.29, 0.717) is 10.0 Å². The van der Waals surface area contributed by atoms with Gasteiger partial charge in [-0.1, -0.05) is 87.5 Å². The SMILES string of the molecule is CC(C)(C)[Si](OC(CNC(=O)O)CC(O)c1ccc(Br)c(F)c1)(c1ccccc1)c1ccccc1. The standard InChI is InChI=1S/C27H31BrFNO4Si/c1-27(2,3)35(21-10-6-4-7-11-21,22-12-8-5-9-13-22)34-20(18-30-26(32)33)17-25(31)19-14-15-23(28)24(29)16-19/h4-16,20,25,30-31H,17-18H2,1-3H3,(H,32,33). The molecule has 5 nitrogen and oxygen atoms in total. The monoisotopic (exact) mass is 559 g/mol. The van der Waals surface area contributed by atoms with E-state index in [0.717, 1.165) is 10.4 Å². The van der Waals surface area contributed by atoms with Crippen LogP contribution in [0.25, 0.3) is 0 Å². The molecule has 0 heterocycles. The number of aliphatic hydroxyl groups is 1. The van der Waals surface area contributed by atoms with E-state index < -0.39 is 32.4 Å².